The van der Waals surface area contributed by atoms with E-state index < -0.39 is 0 Å². The van der Waals surface area contributed by atoms with Gasteiger partial charge < -0.3 is 20.3 Å². The third-order valence-corrected chi connectivity index (χ3v) is 5.93. The molecule has 0 bridgehead atoms. The third kappa shape index (κ3) is 6.12. The molecule has 0 spiro atoms. The number of hydrogen-bond donors (Lipinski definition) is 2. The van der Waals surface area contributed by atoms with Crippen LogP contribution in [0, 0.1) is 0 Å². The number of rotatable bonds is 7. The maximum Gasteiger partial charge on any atom is 0.317 e. The molecule has 8 nitrogen and oxygen atoms in total. The standard InChI is InChI=1S/C19H24ClN5O3S/c1-28-11-3-9-21-19(27)25-10-2-4-13(12-25)17-23-24-18(29-17)16(26)22-15-7-5-14(20)6-8-15/h5-8,13H,2-4,9-12H2,1H3,(H,21,27)(H,22,26)/t13-/m0/s1. The fourth-order valence-electron chi connectivity index (χ4n) is 3.10. The van der Waals surface area contributed by atoms with Crippen molar-refractivity contribution in [2.75, 3.05) is 38.7 Å². The first kappa shape index (κ1) is 21.5. The first-order valence-electron chi connectivity index (χ1n) is 9.49. The number of likely N-dealkylation sites (tertiary alicyclic amines) is 1. The van der Waals surface area contributed by atoms with E-state index in [1.165, 1.54) is 11.3 Å². The lowest BCUT2D eigenvalue weighted by molar-refractivity contribution is 0.102. The summed E-state index contributed by atoms with van der Waals surface area (Å²) in [6.07, 6.45) is 2.59. The molecule has 3 amide bonds. The van der Waals surface area contributed by atoms with E-state index in [4.69, 9.17) is 16.3 Å². The topological polar surface area (TPSA) is 96.4 Å². The van der Waals surface area contributed by atoms with Gasteiger partial charge in [0.15, 0.2) is 0 Å². The van der Waals surface area contributed by atoms with Crippen molar-refractivity contribution in [1.29, 1.82) is 0 Å². The normalized spacial score (nSPS) is 16.5. The van der Waals surface area contributed by atoms with E-state index in [2.05, 4.69) is 20.8 Å². The summed E-state index contributed by atoms with van der Waals surface area (Å²) in [6.45, 7) is 2.50. The fraction of sp³-hybridized carbons (Fsp3) is 0.474. The van der Waals surface area contributed by atoms with Crippen LogP contribution in [0.3, 0.4) is 0 Å². The summed E-state index contributed by atoms with van der Waals surface area (Å²) in [5, 5.41) is 15.6. The Bertz CT molecular complexity index is 830. The van der Waals surface area contributed by atoms with Crippen molar-refractivity contribution in [2.45, 2.75) is 25.2 Å². The molecule has 1 aliphatic rings. The molecule has 3 rings (SSSR count). The van der Waals surface area contributed by atoms with E-state index in [1.807, 2.05) is 0 Å². The molecular weight excluding hydrogens is 414 g/mol. The van der Waals surface area contributed by atoms with Crippen LogP contribution < -0.4 is 10.6 Å². The van der Waals surface area contributed by atoms with Gasteiger partial charge in [0.2, 0.25) is 5.01 Å². The van der Waals surface area contributed by atoms with Gasteiger partial charge in [-0.2, -0.15) is 0 Å². The minimum Gasteiger partial charge on any atom is -0.385 e. The minimum atomic E-state index is -0.306. The van der Waals surface area contributed by atoms with Crippen LogP contribution in [-0.2, 0) is 4.74 Å². The number of methoxy groups -OCH3 is 1. The number of anilines is 1. The van der Waals surface area contributed by atoms with Crippen LogP contribution in [0.2, 0.25) is 5.02 Å². The number of ether oxygens (including phenoxy) is 1. The number of halogens is 1. The Morgan fingerprint density at radius 3 is 2.86 bits per heavy atom. The van der Waals surface area contributed by atoms with E-state index in [0.717, 1.165) is 30.8 Å². The Morgan fingerprint density at radius 2 is 2.10 bits per heavy atom. The monoisotopic (exact) mass is 437 g/mol. The smallest absolute Gasteiger partial charge is 0.317 e. The van der Waals surface area contributed by atoms with Gasteiger partial charge in [-0.25, -0.2) is 4.79 Å². The number of benzene rings is 1. The van der Waals surface area contributed by atoms with Crippen LogP contribution in [0.1, 0.15) is 40.0 Å². The molecule has 2 N–H and O–H groups in total. The molecule has 2 heterocycles. The van der Waals surface area contributed by atoms with Gasteiger partial charge in [0.25, 0.3) is 5.91 Å². The maximum atomic E-state index is 12.4. The summed E-state index contributed by atoms with van der Waals surface area (Å²) >= 11 is 7.13. The molecule has 0 unspecified atom stereocenters. The highest BCUT2D eigenvalue weighted by Gasteiger charge is 2.28. The number of urea groups is 1. The highest BCUT2D eigenvalue weighted by Crippen LogP contribution is 2.29. The summed E-state index contributed by atoms with van der Waals surface area (Å²) in [7, 11) is 1.64. The number of nitrogens with one attached hydrogen (secondary N) is 2. The van der Waals surface area contributed by atoms with Crippen molar-refractivity contribution < 1.29 is 14.3 Å². The third-order valence-electron chi connectivity index (χ3n) is 4.60. The quantitative estimate of drug-likeness (QED) is 0.647. The van der Waals surface area contributed by atoms with Gasteiger partial charge in [-0.15, -0.1) is 10.2 Å². The number of carbonyl (C=O) groups excluding carboxylic acids is 2. The van der Waals surface area contributed by atoms with Gasteiger partial charge in [-0.3, -0.25) is 4.79 Å². The van der Waals surface area contributed by atoms with E-state index in [-0.39, 0.29) is 17.9 Å². The molecule has 0 aliphatic carbocycles. The van der Waals surface area contributed by atoms with Crippen molar-refractivity contribution in [3.8, 4) is 0 Å². The molecule has 156 valence electrons. The van der Waals surface area contributed by atoms with Gasteiger partial charge in [-0.05, 0) is 43.5 Å². The molecular formula is C19H24ClN5O3S. The number of amides is 3. The number of hydrogen-bond acceptors (Lipinski definition) is 6. The fourth-order valence-corrected chi connectivity index (χ4v) is 4.09. The Labute approximate surface area is 178 Å². The Hall–Kier alpha value is -2.23. The lowest BCUT2D eigenvalue weighted by Gasteiger charge is -2.31. The number of piperidine rings is 1. The summed E-state index contributed by atoms with van der Waals surface area (Å²) in [6, 6.07) is 6.80. The Balaban J connectivity index is 1.55. The largest absolute Gasteiger partial charge is 0.385 e. The second-order valence-electron chi connectivity index (χ2n) is 6.77. The van der Waals surface area contributed by atoms with Crippen LogP contribution in [0.5, 0.6) is 0 Å². The van der Waals surface area contributed by atoms with E-state index in [9.17, 15) is 9.59 Å². The molecule has 10 heteroatoms. The minimum absolute atomic E-state index is 0.0731. The maximum absolute atomic E-state index is 12.4. The van der Waals surface area contributed by atoms with E-state index >= 15 is 0 Å². The summed E-state index contributed by atoms with van der Waals surface area (Å²) in [5.41, 5.74) is 0.644. The zero-order valence-corrected chi connectivity index (χ0v) is 17.8. The molecule has 1 aliphatic heterocycles. The number of nitrogens with zero attached hydrogens (tertiary/aromatic N) is 3. The van der Waals surface area contributed by atoms with Crippen LogP contribution in [0.15, 0.2) is 24.3 Å². The van der Waals surface area contributed by atoms with E-state index in [1.54, 1.807) is 36.3 Å². The van der Waals surface area contributed by atoms with E-state index in [0.29, 0.717) is 35.4 Å². The molecule has 1 aromatic heterocycles. The van der Waals surface area contributed by atoms with Gasteiger partial charge in [-0.1, -0.05) is 22.9 Å². The predicted molar refractivity (Wildman–Crippen MR) is 113 cm³/mol. The summed E-state index contributed by atoms with van der Waals surface area (Å²) < 4.78 is 4.99. The molecule has 0 radical (unpaired) electrons. The average Bonchev–Trinajstić information content (AvgIpc) is 3.23. The lowest BCUT2D eigenvalue weighted by Crippen LogP contribution is -2.45. The van der Waals surface area contributed by atoms with Crippen LogP contribution in [-0.4, -0.2) is 60.4 Å². The van der Waals surface area contributed by atoms with Crippen LogP contribution in [0.25, 0.3) is 0 Å². The van der Waals surface area contributed by atoms with Gasteiger partial charge in [0.05, 0.1) is 0 Å². The Morgan fingerprint density at radius 1 is 1.31 bits per heavy atom. The van der Waals surface area contributed by atoms with Crippen LogP contribution in [0.4, 0.5) is 10.5 Å². The first-order valence-corrected chi connectivity index (χ1v) is 10.7. The highest BCUT2D eigenvalue weighted by atomic mass is 35.5. The van der Waals surface area contributed by atoms with Crippen LogP contribution >= 0.6 is 22.9 Å². The highest BCUT2D eigenvalue weighted by molar-refractivity contribution is 7.13. The zero-order chi connectivity index (χ0) is 20.6. The van der Waals surface area contributed by atoms with Gasteiger partial charge in [0.1, 0.15) is 5.01 Å². The van der Waals surface area contributed by atoms with Crippen molar-refractivity contribution >= 4 is 40.6 Å². The second kappa shape index (κ2) is 10.5. The molecule has 1 atom stereocenters. The Kier molecular flexibility index (Phi) is 7.79. The molecule has 1 aromatic carbocycles. The average molecular weight is 438 g/mol. The van der Waals surface area contributed by atoms with Crippen molar-refractivity contribution in [1.82, 2.24) is 20.4 Å². The summed E-state index contributed by atoms with van der Waals surface area (Å²) in [5.74, 6) is -0.220. The summed E-state index contributed by atoms with van der Waals surface area (Å²) in [4.78, 5) is 26.6. The number of aromatic nitrogens is 2. The zero-order valence-electron chi connectivity index (χ0n) is 16.2. The van der Waals surface area contributed by atoms with Gasteiger partial charge in [0, 0.05) is 50.0 Å². The molecule has 1 saturated heterocycles. The molecule has 1 fully saturated rings. The number of carbonyl (C=O) groups is 2. The SMILES string of the molecule is COCCCNC(=O)N1CCC[C@H](c2nnc(C(=O)Nc3ccc(Cl)cc3)s2)C1. The van der Waals surface area contributed by atoms with Crippen molar-refractivity contribution in [3.63, 3.8) is 0 Å². The van der Waals surface area contributed by atoms with Crippen molar-refractivity contribution in [2.24, 2.45) is 0 Å². The lowest BCUT2D eigenvalue weighted by atomic mass is 9.99. The molecule has 2 aromatic rings. The second-order valence-corrected chi connectivity index (χ2v) is 8.22. The predicted octanol–water partition coefficient (Wildman–Crippen LogP) is 3.37. The first-order chi connectivity index (χ1) is 14.1. The van der Waals surface area contributed by atoms with Crippen molar-refractivity contribution in [3.05, 3.63) is 39.3 Å². The van der Waals surface area contributed by atoms with Gasteiger partial charge >= 0.3 is 6.03 Å². The molecule has 29 heavy (non-hydrogen) atoms. The molecule has 0 saturated carbocycles.